The van der Waals surface area contributed by atoms with Crippen LogP contribution in [0, 0.1) is 0 Å². The number of amides is 8. The molecule has 0 spiro atoms. The molecule has 18 N–H and O–H groups in total. The zero-order valence-electron chi connectivity index (χ0n) is 44.9. The highest BCUT2D eigenvalue weighted by Crippen LogP contribution is 2.30. The summed E-state index contributed by atoms with van der Waals surface area (Å²) in [5.41, 5.74) is 29.7. The maximum absolute atomic E-state index is 14.5. The molecule has 1 aromatic heterocycles. The zero-order valence-corrected chi connectivity index (χ0v) is 45.7. The maximum Gasteiger partial charge on any atom is 0.323 e. The Morgan fingerprint density at radius 3 is 2.16 bits per heavy atom. The Labute approximate surface area is 468 Å². The zero-order chi connectivity index (χ0) is 58.0. The van der Waals surface area contributed by atoms with E-state index in [1.54, 1.807) is 35.7 Å². The van der Waals surface area contributed by atoms with Crippen molar-refractivity contribution >= 4 is 70.5 Å². The van der Waals surface area contributed by atoms with Gasteiger partial charge in [-0.15, -0.1) is 11.3 Å². The minimum Gasteiger partial charge on any atom is -0.480 e. The van der Waals surface area contributed by atoms with Crippen molar-refractivity contribution in [1.82, 2.24) is 46.2 Å². The Bertz CT molecular complexity index is 2510. The van der Waals surface area contributed by atoms with Crippen molar-refractivity contribution in [3.8, 4) is 0 Å². The minimum atomic E-state index is -1.60. The number of carboxylic acids is 1. The summed E-state index contributed by atoms with van der Waals surface area (Å²) in [6.45, 7) is -1.78. The van der Waals surface area contributed by atoms with Crippen LogP contribution < -0.4 is 55.3 Å². The number of carbonyl (C=O) groups excluding carboxylic acids is 8. The number of aliphatic carboxylic acids is 1. The SMILES string of the molecule is NC(N)=NCCC[C@@H](N)C(=O)N[C@@H](CCCNC(N)N)C(=O)N1CCC[C@H]1C(=O)N1C[C@H](O)C[C@H]1C(=O)NCC(=O)N[C@@H](Cc1cccs1)C(=O)N[C@@H](CO)C(=O)N1Cc2ccccc2C[C@@H]1C(=O)N(CC(=O)O)C1CCCCC1. The van der Waals surface area contributed by atoms with Crippen LogP contribution in [0.1, 0.15) is 93.1 Å². The number of benzene rings is 1. The van der Waals surface area contributed by atoms with E-state index in [1.165, 1.54) is 30.9 Å². The fraction of sp³-hybridized carbons (Fsp3) is 0.615. The Kier molecular flexibility index (Phi) is 23.5. The van der Waals surface area contributed by atoms with Gasteiger partial charge in [0.05, 0.1) is 25.3 Å². The molecule has 0 bridgehead atoms. The molecule has 1 aliphatic carbocycles. The van der Waals surface area contributed by atoms with Gasteiger partial charge in [0, 0.05) is 56.4 Å². The van der Waals surface area contributed by atoms with E-state index in [4.69, 9.17) is 28.7 Å². The predicted octanol–water partition coefficient (Wildman–Crippen LogP) is -4.04. The van der Waals surface area contributed by atoms with E-state index in [0.29, 0.717) is 43.5 Å². The monoisotopic (exact) mass is 1140 g/mol. The summed E-state index contributed by atoms with van der Waals surface area (Å²) < 4.78 is 0. The van der Waals surface area contributed by atoms with Crippen LogP contribution in [0.4, 0.5) is 0 Å². The van der Waals surface area contributed by atoms with Crippen LogP contribution in [0.3, 0.4) is 0 Å². The molecule has 0 radical (unpaired) electrons. The average molecular weight is 1140 g/mol. The molecule has 2 aromatic rings. The number of thiophene rings is 1. The largest absolute Gasteiger partial charge is 0.480 e. The number of aliphatic hydroxyl groups is 2. The molecule has 0 unspecified atom stereocenters. The quantitative estimate of drug-likeness (QED) is 0.0175. The molecule has 2 saturated heterocycles. The second kappa shape index (κ2) is 30.1. The van der Waals surface area contributed by atoms with Gasteiger partial charge in [-0.3, -0.25) is 53.5 Å². The van der Waals surface area contributed by atoms with Gasteiger partial charge < -0.3 is 84.9 Å². The first kappa shape index (κ1) is 62.4. The Morgan fingerprint density at radius 2 is 1.49 bits per heavy atom. The Balaban J connectivity index is 1.11. The third-order valence-electron chi connectivity index (χ3n) is 14.9. The summed E-state index contributed by atoms with van der Waals surface area (Å²) in [7, 11) is 0. The van der Waals surface area contributed by atoms with Crippen LogP contribution in [0.2, 0.25) is 0 Å². The van der Waals surface area contributed by atoms with Gasteiger partial charge in [0.15, 0.2) is 5.96 Å². The van der Waals surface area contributed by atoms with E-state index < -0.39 is 128 Å². The third-order valence-corrected chi connectivity index (χ3v) is 15.8. The first-order valence-electron chi connectivity index (χ1n) is 27.3. The van der Waals surface area contributed by atoms with Gasteiger partial charge >= 0.3 is 5.97 Å². The number of aliphatic hydroxyl groups excluding tert-OH is 2. The van der Waals surface area contributed by atoms with Crippen molar-refractivity contribution in [2.45, 2.75) is 157 Å². The smallest absolute Gasteiger partial charge is 0.323 e. The van der Waals surface area contributed by atoms with Crippen LogP contribution >= 0.6 is 11.3 Å². The van der Waals surface area contributed by atoms with Gasteiger partial charge in [-0.25, -0.2) is 0 Å². The van der Waals surface area contributed by atoms with Crippen molar-refractivity contribution < 1.29 is 58.5 Å². The van der Waals surface area contributed by atoms with Gasteiger partial charge in [-0.1, -0.05) is 49.6 Å². The minimum absolute atomic E-state index is 0.0657. The number of aliphatic imine (C=N–C) groups is 1. The molecule has 4 aliphatic rings. The summed E-state index contributed by atoms with van der Waals surface area (Å²) in [5.74, 6) is -6.95. The fourth-order valence-corrected chi connectivity index (χ4v) is 11.6. The second-order valence-electron chi connectivity index (χ2n) is 20.8. The second-order valence-corrected chi connectivity index (χ2v) is 21.8. The molecule has 4 heterocycles. The molecule has 440 valence electrons. The van der Waals surface area contributed by atoms with Crippen LogP contribution in [-0.4, -0.2) is 201 Å². The topological polar surface area (TPSA) is 430 Å². The number of nitrogens with two attached hydrogens (primary N) is 5. The molecule has 80 heavy (non-hydrogen) atoms. The molecule has 8 amide bonds. The van der Waals surface area contributed by atoms with Crippen molar-refractivity contribution in [1.29, 1.82) is 0 Å². The van der Waals surface area contributed by atoms with Crippen LogP contribution in [-0.2, 0) is 62.5 Å². The van der Waals surface area contributed by atoms with E-state index in [9.17, 15) is 58.5 Å². The van der Waals surface area contributed by atoms with Gasteiger partial charge in [0.2, 0.25) is 47.3 Å². The lowest BCUT2D eigenvalue weighted by Gasteiger charge is -2.42. The number of nitrogens with one attached hydrogen (secondary N) is 5. The number of likely N-dealkylation sites (tertiary alicyclic amines) is 2. The summed E-state index contributed by atoms with van der Waals surface area (Å²) in [5, 5.41) is 46.4. The highest BCUT2D eigenvalue weighted by Gasteiger charge is 2.47. The number of rotatable bonds is 27. The lowest BCUT2D eigenvalue weighted by atomic mass is 9.90. The van der Waals surface area contributed by atoms with Crippen molar-refractivity contribution in [2.75, 3.05) is 45.9 Å². The van der Waals surface area contributed by atoms with Gasteiger partial charge in [0.25, 0.3) is 0 Å². The lowest BCUT2D eigenvalue weighted by Crippen LogP contribution is -2.62. The molecule has 3 fully saturated rings. The number of hydrogen-bond donors (Lipinski definition) is 13. The van der Waals surface area contributed by atoms with Gasteiger partial charge in [-0.2, -0.15) is 0 Å². The highest BCUT2D eigenvalue weighted by molar-refractivity contribution is 7.09. The number of fused-ring (bicyclic) bond motifs is 1. The Hall–Kier alpha value is -6.82. The van der Waals surface area contributed by atoms with Crippen molar-refractivity contribution in [2.24, 2.45) is 33.7 Å². The molecule has 1 saturated carbocycles. The number of β-amino-alcohol motifs (C(OH)–C–C–N with tert-alkyl or cyclic N) is 1. The molecule has 28 heteroatoms. The summed E-state index contributed by atoms with van der Waals surface area (Å²) in [6.07, 6.45) is 3.35. The number of guanidine groups is 1. The van der Waals surface area contributed by atoms with E-state index in [-0.39, 0.29) is 76.7 Å². The highest BCUT2D eigenvalue weighted by atomic mass is 32.1. The average Bonchev–Trinajstić information content (AvgIpc) is 4.25. The van der Waals surface area contributed by atoms with Crippen LogP contribution in [0.5, 0.6) is 0 Å². The molecular formula is C52H79N15O12S. The van der Waals surface area contributed by atoms with Gasteiger partial charge in [-0.05, 0) is 80.5 Å². The third kappa shape index (κ3) is 17.3. The number of carbonyl (C=O) groups is 9. The molecule has 27 nitrogen and oxygen atoms in total. The molecule has 8 atom stereocenters. The predicted molar refractivity (Wildman–Crippen MR) is 293 cm³/mol. The number of hydrogen-bond acceptors (Lipinski definition) is 17. The number of nitrogens with zero attached hydrogens (tertiary/aromatic N) is 5. The Morgan fingerprint density at radius 1 is 0.775 bits per heavy atom. The lowest BCUT2D eigenvalue weighted by molar-refractivity contribution is -0.154. The normalized spacial score (nSPS) is 20.6. The first-order chi connectivity index (χ1) is 38.3. The first-order valence-corrected chi connectivity index (χ1v) is 28.2. The van der Waals surface area contributed by atoms with E-state index in [1.807, 2.05) is 6.07 Å². The molecule has 6 rings (SSSR count). The van der Waals surface area contributed by atoms with E-state index in [0.717, 1.165) is 30.4 Å². The summed E-state index contributed by atoms with van der Waals surface area (Å²) in [4.78, 5) is 135. The standard InChI is InChI=1S/C52H79N15O12S/c53-35(15-6-18-58-51(54)55)44(73)62-36(16-7-19-59-52(56)57)47(76)64-20-8-17-39(64)49(78)67-27-33(69)23-40(67)46(75)60-25-42(70)61-37(24-34-14-9-21-80-34)45(74)63-38(29-68)48(77)66-26-31-11-5-4-10-30(31)22-41(66)50(79)65(28-43(71)72)32-12-2-1-3-13-32/h4-5,9-11,14,21,32-33,35-41,52,59,68-69H,1-3,6-8,12-13,15-20,22-29,53,56-57H2,(H,60,75)(H,61,70)(H,62,73)(H,63,74)(H,71,72)(H4,54,55,58)/t33-,35-,36+,37+,38+,39+,40+,41-/m1/s1. The fourth-order valence-electron chi connectivity index (χ4n) is 10.9. The summed E-state index contributed by atoms with van der Waals surface area (Å²) >= 11 is 1.29. The molecule has 3 aliphatic heterocycles. The van der Waals surface area contributed by atoms with E-state index in [2.05, 4.69) is 31.6 Å². The van der Waals surface area contributed by atoms with Gasteiger partial charge in [0.1, 0.15) is 49.1 Å². The van der Waals surface area contributed by atoms with Crippen LogP contribution in [0.25, 0.3) is 0 Å². The van der Waals surface area contributed by atoms with Crippen LogP contribution in [0.15, 0.2) is 46.8 Å². The summed E-state index contributed by atoms with van der Waals surface area (Å²) in [6, 6.07) is 1.77. The van der Waals surface area contributed by atoms with E-state index >= 15 is 0 Å². The maximum atomic E-state index is 14.5. The molecular weight excluding hydrogens is 1060 g/mol. The number of carboxylic acid groups (broad SMARTS) is 1. The van der Waals surface area contributed by atoms with Crippen molar-refractivity contribution in [3.63, 3.8) is 0 Å². The molecule has 1 aromatic carbocycles. The van der Waals surface area contributed by atoms with Crippen molar-refractivity contribution in [3.05, 3.63) is 57.8 Å².